The highest BCUT2D eigenvalue weighted by molar-refractivity contribution is 6.07. The second-order valence-electron chi connectivity index (χ2n) is 8.83. The first-order valence-electron chi connectivity index (χ1n) is 11.7. The van der Waals surface area contributed by atoms with Gasteiger partial charge in [0.25, 0.3) is 5.91 Å². The number of pyridine rings is 1. The molecule has 36 heavy (non-hydrogen) atoms. The van der Waals surface area contributed by atoms with Crippen molar-refractivity contribution in [3.8, 4) is 0 Å². The molecule has 0 bridgehead atoms. The topological polar surface area (TPSA) is 91.8 Å². The average Bonchev–Trinajstić information content (AvgIpc) is 3.37. The highest BCUT2D eigenvalue weighted by Gasteiger charge is 2.59. The van der Waals surface area contributed by atoms with Gasteiger partial charge in [0.05, 0.1) is 18.5 Å². The largest absolute Gasteiger partial charge is 0.355 e. The second kappa shape index (κ2) is 10.3. The summed E-state index contributed by atoms with van der Waals surface area (Å²) in [6, 6.07) is 18.3. The molecule has 3 atom stereocenters. The van der Waals surface area contributed by atoms with Crippen molar-refractivity contribution in [3.05, 3.63) is 102 Å². The first-order chi connectivity index (χ1) is 17.5. The Kier molecular flexibility index (Phi) is 6.84. The minimum absolute atomic E-state index is 0.150. The van der Waals surface area contributed by atoms with Gasteiger partial charge in [-0.05, 0) is 47.4 Å². The lowest BCUT2D eigenvalue weighted by Crippen LogP contribution is -2.41. The molecule has 2 aromatic carbocycles. The summed E-state index contributed by atoms with van der Waals surface area (Å²) >= 11 is 0. The number of amides is 3. The normalized spacial score (nSPS) is 21.6. The molecule has 1 aromatic heterocycles. The zero-order chi connectivity index (χ0) is 25.1. The number of rotatable bonds is 8. The number of nitrogens with zero attached hydrogens (tertiary/aromatic N) is 3. The predicted molar refractivity (Wildman–Crippen MR) is 127 cm³/mol. The number of carbonyl (C=O) groups is 3. The summed E-state index contributed by atoms with van der Waals surface area (Å²) in [4.78, 5) is 50.6. The van der Waals surface area contributed by atoms with E-state index in [2.05, 4.69) is 10.3 Å². The molecule has 3 unspecified atom stereocenters. The lowest BCUT2D eigenvalue weighted by atomic mass is 9.91. The van der Waals surface area contributed by atoms with E-state index in [1.807, 2.05) is 30.3 Å². The molecule has 0 radical (unpaired) electrons. The highest BCUT2D eigenvalue weighted by atomic mass is 19.1. The van der Waals surface area contributed by atoms with Crippen LogP contribution >= 0.6 is 0 Å². The Hall–Kier alpha value is -3.95. The summed E-state index contributed by atoms with van der Waals surface area (Å²) in [5.41, 5.74) is 2.48. The molecule has 2 aliphatic rings. The van der Waals surface area contributed by atoms with Crippen LogP contribution in [0.1, 0.15) is 22.7 Å². The molecule has 0 aliphatic carbocycles. The summed E-state index contributed by atoms with van der Waals surface area (Å²) in [7, 11) is 0. The van der Waals surface area contributed by atoms with E-state index in [1.54, 1.807) is 36.7 Å². The van der Waals surface area contributed by atoms with E-state index in [4.69, 9.17) is 4.84 Å². The zero-order valence-corrected chi connectivity index (χ0v) is 19.4. The fourth-order valence-corrected chi connectivity index (χ4v) is 4.71. The van der Waals surface area contributed by atoms with Gasteiger partial charge in [0.2, 0.25) is 11.8 Å². The number of hydrogen-bond donors (Lipinski definition) is 1. The van der Waals surface area contributed by atoms with Crippen molar-refractivity contribution < 1.29 is 23.6 Å². The number of fused-ring (bicyclic) bond motifs is 1. The summed E-state index contributed by atoms with van der Waals surface area (Å²) in [5.74, 6) is -2.12. The number of benzene rings is 2. The molecular weight excluding hydrogens is 463 g/mol. The third kappa shape index (κ3) is 4.89. The number of carbonyl (C=O) groups excluding carboxylic acids is 3. The maximum atomic E-state index is 13.4. The average molecular weight is 489 g/mol. The number of hydrogen-bond acceptors (Lipinski definition) is 6. The van der Waals surface area contributed by atoms with Crippen molar-refractivity contribution in [3.63, 3.8) is 0 Å². The Balaban J connectivity index is 1.28. The van der Waals surface area contributed by atoms with Gasteiger partial charge in [-0.3, -0.25) is 29.1 Å². The molecule has 184 valence electrons. The van der Waals surface area contributed by atoms with Crippen LogP contribution in [0.4, 0.5) is 4.39 Å². The molecule has 8 nitrogen and oxygen atoms in total. The van der Waals surface area contributed by atoms with Crippen molar-refractivity contribution in [1.82, 2.24) is 20.3 Å². The van der Waals surface area contributed by atoms with E-state index >= 15 is 0 Å². The van der Waals surface area contributed by atoms with Gasteiger partial charge in [-0.15, -0.1) is 0 Å². The van der Waals surface area contributed by atoms with Crippen LogP contribution < -0.4 is 5.32 Å². The number of hydroxylamine groups is 2. The van der Waals surface area contributed by atoms with Gasteiger partial charge in [0.15, 0.2) is 6.10 Å². The predicted octanol–water partition coefficient (Wildman–Crippen LogP) is 2.42. The van der Waals surface area contributed by atoms with Gasteiger partial charge < -0.3 is 5.32 Å². The molecule has 0 spiro atoms. The van der Waals surface area contributed by atoms with Crippen LogP contribution in [0.3, 0.4) is 0 Å². The van der Waals surface area contributed by atoms with Gasteiger partial charge >= 0.3 is 0 Å². The van der Waals surface area contributed by atoms with Crippen LogP contribution in [0.5, 0.6) is 0 Å². The van der Waals surface area contributed by atoms with Crippen LogP contribution in [0.25, 0.3) is 0 Å². The molecule has 9 heteroatoms. The van der Waals surface area contributed by atoms with Gasteiger partial charge in [-0.2, -0.15) is 5.06 Å². The van der Waals surface area contributed by atoms with Crippen LogP contribution in [0.15, 0.2) is 79.1 Å². The summed E-state index contributed by atoms with van der Waals surface area (Å²) in [5, 5.41) is 4.25. The maximum absolute atomic E-state index is 13.4. The van der Waals surface area contributed by atoms with E-state index in [9.17, 15) is 18.8 Å². The molecule has 5 rings (SSSR count). The molecule has 2 fully saturated rings. The molecule has 1 N–H and O–H groups in total. The lowest BCUT2D eigenvalue weighted by molar-refractivity contribution is -0.182. The Morgan fingerprint density at radius 3 is 2.39 bits per heavy atom. The Labute approximate surface area is 207 Å². The fraction of sp³-hybridized carbons (Fsp3) is 0.259. The number of imide groups is 1. The van der Waals surface area contributed by atoms with Crippen molar-refractivity contribution in [1.29, 1.82) is 0 Å². The molecule has 3 heterocycles. The van der Waals surface area contributed by atoms with Crippen LogP contribution in [0, 0.1) is 11.7 Å². The van der Waals surface area contributed by atoms with E-state index in [1.165, 1.54) is 22.1 Å². The molecule has 2 aliphatic heterocycles. The smallest absolute Gasteiger partial charge is 0.261 e. The van der Waals surface area contributed by atoms with Crippen LogP contribution in [-0.4, -0.2) is 51.9 Å². The number of halogens is 1. The maximum Gasteiger partial charge on any atom is 0.261 e. The third-order valence-electron chi connectivity index (χ3n) is 6.47. The Bertz CT molecular complexity index is 1240. The molecule has 3 amide bonds. The summed E-state index contributed by atoms with van der Waals surface area (Å²) in [6.07, 6.45) is 2.75. The molecule has 3 aromatic rings. The highest BCUT2D eigenvalue weighted by Crippen LogP contribution is 2.44. The van der Waals surface area contributed by atoms with Gasteiger partial charge in [-0.1, -0.05) is 42.5 Å². The SMILES string of the molecule is O=C(CN1OC2C(=O)N(Cc3ccccc3)C(=O)C2C1c1ccncc1)NCCc1ccc(F)cc1. The van der Waals surface area contributed by atoms with Crippen LogP contribution in [-0.2, 0) is 32.2 Å². The second-order valence-corrected chi connectivity index (χ2v) is 8.83. The number of likely N-dealkylation sites (tertiary alicyclic amines) is 1. The van der Waals surface area contributed by atoms with Crippen molar-refractivity contribution in [2.45, 2.75) is 25.1 Å². The monoisotopic (exact) mass is 488 g/mol. The van der Waals surface area contributed by atoms with Gasteiger partial charge in [0.1, 0.15) is 12.4 Å². The first-order valence-corrected chi connectivity index (χ1v) is 11.7. The van der Waals surface area contributed by atoms with E-state index < -0.39 is 24.0 Å². The van der Waals surface area contributed by atoms with Gasteiger partial charge in [-0.25, -0.2) is 4.39 Å². The third-order valence-corrected chi connectivity index (χ3v) is 6.47. The van der Waals surface area contributed by atoms with Crippen molar-refractivity contribution in [2.24, 2.45) is 5.92 Å². The summed E-state index contributed by atoms with van der Waals surface area (Å²) in [6.45, 7) is 0.373. The first kappa shape index (κ1) is 23.8. The summed E-state index contributed by atoms with van der Waals surface area (Å²) < 4.78 is 13.1. The van der Waals surface area contributed by atoms with E-state index in [-0.39, 0.29) is 30.7 Å². The molecule has 2 saturated heterocycles. The number of aromatic nitrogens is 1. The quantitative estimate of drug-likeness (QED) is 0.490. The minimum atomic E-state index is -0.994. The minimum Gasteiger partial charge on any atom is -0.355 e. The Morgan fingerprint density at radius 1 is 0.944 bits per heavy atom. The van der Waals surface area contributed by atoms with Gasteiger partial charge in [0, 0.05) is 18.9 Å². The molecule has 0 saturated carbocycles. The van der Waals surface area contributed by atoms with Crippen LogP contribution in [0.2, 0.25) is 0 Å². The number of nitrogens with one attached hydrogen (secondary N) is 1. The zero-order valence-electron chi connectivity index (χ0n) is 19.4. The van der Waals surface area contributed by atoms with Crippen molar-refractivity contribution >= 4 is 17.7 Å². The fourth-order valence-electron chi connectivity index (χ4n) is 4.71. The lowest BCUT2D eigenvalue weighted by Gasteiger charge is -2.26. The van der Waals surface area contributed by atoms with E-state index in [0.29, 0.717) is 13.0 Å². The van der Waals surface area contributed by atoms with Crippen molar-refractivity contribution in [2.75, 3.05) is 13.1 Å². The van der Waals surface area contributed by atoms with E-state index in [0.717, 1.165) is 16.7 Å². The Morgan fingerprint density at radius 2 is 1.67 bits per heavy atom. The standard InChI is InChI=1S/C27H25FN4O4/c28-21-8-6-18(7-9-21)10-15-30-22(33)17-32-24(20-11-13-29-14-12-20)23-25(36-32)27(35)31(26(23)34)16-19-4-2-1-3-5-19/h1-9,11-14,23-25H,10,15-17H2,(H,30,33). The molecular formula is C27H25FN4O4.